The Hall–Kier alpha value is -0.520. The van der Waals surface area contributed by atoms with Gasteiger partial charge in [0.15, 0.2) is 0 Å². The Labute approximate surface area is 61.6 Å². The predicted molar refractivity (Wildman–Crippen MR) is 41.5 cm³/mol. The molecular weight excluding hydrogens is 120 g/mol. The molecule has 10 heavy (non-hydrogen) atoms. The van der Waals surface area contributed by atoms with E-state index in [9.17, 15) is 0 Å². The second-order valence-electron chi connectivity index (χ2n) is 3.96. The van der Waals surface area contributed by atoms with Crippen LogP contribution in [0.1, 0.15) is 13.3 Å². The lowest BCUT2D eigenvalue weighted by atomic mass is 9.70. The summed E-state index contributed by atoms with van der Waals surface area (Å²) in [6, 6.07) is 0. The molecule has 3 aliphatic carbocycles. The molecule has 0 N–H and O–H groups in total. The summed E-state index contributed by atoms with van der Waals surface area (Å²) in [4.78, 5) is 0. The lowest BCUT2D eigenvalue weighted by molar-refractivity contribution is 0.371. The molecule has 3 rings (SSSR count). The molecule has 0 spiro atoms. The molecule has 0 aromatic rings. The average Bonchev–Trinajstić information content (AvgIpc) is 2.40. The fraction of sp³-hybridized carbons (Fsp3) is 0.600. The summed E-state index contributed by atoms with van der Waals surface area (Å²) in [6.45, 7) is 2.29. The van der Waals surface area contributed by atoms with Gasteiger partial charge in [0.25, 0.3) is 0 Å². The Bertz CT molecular complexity index is 234. The lowest BCUT2D eigenvalue weighted by Gasteiger charge is -2.35. The highest BCUT2D eigenvalue weighted by atomic mass is 14.5. The second-order valence-corrected chi connectivity index (χ2v) is 3.96. The molecule has 1 saturated carbocycles. The first-order valence-electron chi connectivity index (χ1n) is 4.23. The minimum Gasteiger partial charge on any atom is -0.0845 e. The van der Waals surface area contributed by atoms with Crippen molar-refractivity contribution in [1.82, 2.24) is 0 Å². The highest BCUT2D eigenvalue weighted by Crippen LogP contribution is 2.56. The summed E-state index contributed by atoms with van der Waals surface area (Å²) in [5.74, 6) is 3.78. The quantitative estimate of drug-likeness (QED) is 0.444. The number of hydrogen-bond donors (Lipinski definition) is 0. The predicted octanol–water partition coefficient (Wildman–Crippen LogP) is 2.38. The van der Waals surface area contributed by atoms with Crippen LogP contribution in [0.2, 0.25) is 0 Å². The van der Waals surface area contributed by atoms with Gasteiger partial charge in [-0.25, -0.2) is 0 Å². The molecule has 52 valence electrons. The zero-order valence-corrected chi connectivity index (χ0v) is 6.25. The maximum absolute atomic E-state index is 2.47. The van der Waals surface area contributed by atoms with Crippen molar-refractivity contribution in [2.45, 2.75) is 13.3 Å². The molecule has 0 aliphatic heterocycles. The van der Waals surface area contributed by atoms with Crippen LogP contribution in [0.5, 0.6) is 0 Å². The zero-order chi connectivity index (χ0) is 6.72. The van der Waals surface area contributed by atoms with Crippen molar-refractivity contribution >= 4 is 0 Å². The van der Waals surface area contributed by atoms with E-state index in [-0.39, 0.29) is 0 Å². The fourth-order valence-corrected chi connectivity index (χ4v) is 3.02. The first-order valence-corrected chi connectivity index (χ1v) is 4.23. The number of allylic oxidation sites excluding steroid dienone is 4. The topological polar surface area (TPSA) is 0 Å². The Balaban J connectivity index is 2.05. The molecule has 0 nitrogen and oxygen atoms in total. The van der Waals surface area contributed by atoms with Crippen LogP contribution in [0.3, 0.4) is 0 Å². The number of hydrogen-bond acceptors (Lipinski definition) is 0. The van der Waals surface area contributed by atoms with Gasteiger partial charge in [-0.2, -0.15) is 0 Å². The van der Waals surface area contributed by atoms with E-state index in [1.54, 1.807) is 5.57 Å². The molecule has 0 heteroatoms. The molecule has 0 heterocycles. The summed E-state index contributed by atoms with van der Waals surface area (Å²) >= 11 is 0. The van der Waals surface area contributed by atoms with Gasteiger partial charge in [0.1, 0.15) is 0 Å². The molecule has 0 aromatic carbocycles. The van der Waals surface area contributed by atoms with E-state index < -0.39 is 0 Å². The smallest absolute Gasteiger partial charge is 0.00740 e. The molecule has 4 atom stereocenters. The van der Waals surface area contributed by atoms with Crippen LogP contribution in [-0.4, -0.2) is 0 Å². The van der Waals surface area contributed by atoms with Gasteiger partial charge in [0.05, 0.1) is 0 Å². The normalized spacial score (nSPS) is 54.3. The van der Waals surface area contributed by atoms with Crippen molar-refractivity contribution in [3.63, 3.8) is 0 Å². The summed E-state index contributed by atoms with van der Waals surface area (Å²) in [5, 5.41) is 0. The maximum Gasteiger partial charge on any atom is -0.00740 e. The van der Waals surface area contributed by atoms with E-state index in [4.69, 9.17) is 0 Å². The van der Waals surface area contributed by atoms with Crippen molar-refractivity contribution < 1.29 is 0 Å². The highest BCUT2D eigenvalue weighted by molar-refractivity contribution is 5.33. The van der Waals surface area contributed by atoms with Crippen LogP contribution >= 0.6 is 0 Å². The molecule has 0 radical (unpaired) electrons. The van der Waals surface area contributed by atoms with E-state index in [1.807, 2.05) is 0 Å². The molecule has 2 bridgehead atoms. The van der Waals surface area contributed by atoms with Gasteiger partial charge in [-0.3, -0.25) is 0 Å². The summed E-state index contributed by atoms with van der Waals surface area (Å²) < 4.78 is 0. The minimum absolute atomic E-state index is 0.929. The first-order chi connectivity index (χ1) is 4.86. The molecule has 0 unspecified atom stereocenters. The summed E-state index contributed by atoms with van der Waals surface area (Å²) in [6.07, 6.45) is 8.78. The number of rotatable bonds is 0. The summed E-state index contributed by atoms with van der Waals surface area (Å²) in [5.41, 5.74) is 1.65. The van der Waals surface area contributed by atoms with Crippen molar-refractivity contribution in [2.75, 3.05) is 0 Å². The van der Waals surface area contributed by atoms with Crippen molar-refractivity contribution in [3.05, 3.63) is 23.8 Å². The van der Waals surface area contributed by atoms with Crippen LogP contribution in [0.25, 0.3) is 0 Å². The third-order valence-corrected chi connectivity index (χ3v) is 3.50. The van der Waals surface area contributed by atoms with E-state index in [1.165, 1.54) is 6.42 Å². The monoisotopic (exact) mass is 132 g/mol. The average molecular weight is 132 g/mol. The molecule has 0 saturated heterocycles. The third-order valence-electron chi connectivity index (χ3n) is 3.50. The van der Waals surface area contributed by atoms with E-state index in [2.05, 4.69) is 25.2 Å². The van der Waals surface area contributed by atoms with Crippen LogP contribution in [0, 0.1) is 23.7 Å². The van der Waals surface area contributed by atoms with Gasteiger partial charge in [-0.05, 0) is 37.0 Å². The summed E-state index contributed by atoms with van der Waals surface area (Å²) in [7, 11) is 0. The Morgan fingerprint density at radius 3 is 2.70 bits per heavy atom. The lowest BCUT2D eigenvalue weighted by Crippen LogP contribution is -2.26. The van der Waals surface area contributed by atoms with Crippen LogP contribution in [0.4, 0.5) is 0 Å². The van der Waals surface area contributed by atoms with Gasteiger partial charge < -0.3 is 0 Å². The largest absolute Gasteiger partial charge is 0.0845 e. The fourth-order valence-electron chi connectivity index (χ4n) is 3.02. The Morgan fingerprint density at radius 2 is 2.10 bits per heavy atom. The number of fused-ring (bicyclic) bond motifs is 5. The molecule has 0 amide bonds. The maximum atomic E-state index is 2.47. The van der Waals surface area contributed by atoms with Gasteiger partial charge >= 0.3 is 0 Å². The first kappa shape index (κ1) is 5.17. The van der Waals surface area contributed by atoms with Crippen LogP contribution < -0.4 is 0 Å². The second kappa shape index (κ2) is 1.39. The van der Waals surface area contributed by atoms with Gasteiger partial charge in [0.2, 0.25) is 0 Å². The van der Waals surface area contributed by atoms with Crippen molar-refractivity contribution in [2.24, 2.45) is 23.7 Å². The van der Waals surface area contributed by atoms with Crippen LogP contribution in [-0.2, 0) is 0 Å². The zero-order valence-electron chi connectivity index (χ0n) is 6.25. The van der Waals surface area contributed by atoms with Gasteiger partial charge in [-0.1, -0.05) is 23.8 Å². The van der Waals surface area contributed by atoms with E-state index in [0.717, 1.165) is 23.7 Å². The minimum atomic E-state index is 0.929. The van der Waals surface area contributed by atoms with E-state index in [0.29, 0.717) is 0 Å². The van der Waals surface area contributed by atoms with Crippen LogP contribution in [0.15, 0.2) is 23.8 Å². The van der Waals surface area contributed by atoms with Gasteiger partial charge in [-0.15, -0.1) is 0 Å². The molecule has 3 aliphatic rings. The van der Waals surface area contributed by atoms with E-state index >= 15 is 0 Å². The van der Waals surface area contributed by atoms with Gasteiger partial charge in [0, 0.05) is 0 Å². The van der Waals surface area contributed by atoms with Crippen molar-refractivity contribution in [1.29, 1.82) is 0 Å². The standard InChI is InChI=1S/C10H12/c1-6-4-9-7-2-3-8(5-7)10(6)9/h2-4,7-10H,5H2,1H3/t7-,8-,9-,10+/m0/s1. The Morgan fingerprint density at radius 1 is 1.30 bits per heavy atom. The molecule has 0 aromatic heterocycles. The van der Waals surface area contributed by atoms with Crippen molar-refractivity contribution in [3.8, 4) is 0 Å². The molecule has 1 fully saturated rings. The SMILES string of the molecule is CC1=C[C@@H]2[C@H]1[C@H]1C=C[C@H]2C1. The molecular formula is C10H12. The highest BCUT2D eigenvalue weighted by Gasteiger charge is 2.48. The third kappa shape index (κ3) is 0.387. The Kier molecular flexibility index (Phi) is 0.719.